The van der Waals surface area contributed by atoms with E-state index in [2.05, 4.69) is 9.47 Å². The highest BCUT2D eigenvalue weighted by Gasteiger charge is 2.20. The number of phenols is 1. The molecule has 1 fully saturated rings. The molecule has 0 amide bonds. The number of carbonyl (C=O) groups excluding carboxylic acids is 1. The van der Waals surface area contributed by atoms with Crippen LogP contribution in [0.3, 0.4) is 0 Å². The number of rotatable bonds is 4. The Labute approximate surface area is 131 Å². The summed E-state index contributed by atoms with van der Waals surface area (Å²) in [5, 5.41) is 9.43. The van der Waals surface area contributed by atoms with E-state index in [-0.39, 0.29) is 11.5 Å². The minimum absolute atomic E-state index is 0.194. The van der Waals surface area contributed by atoms with Crippen molar-refractivity contribution < 1.29 is 9.90 Å². The average Bonchev–Trinajstić information content (AvgIpc) is 3.09. The second-order valence-corrected chi connectivity index (χ2v) is 6.04. The molecule has 3 rings (SSSR count). The number of phenolic OH excluding ortho intramolecular Hbond substituents is 1. The highest BCUT2D eigenvalue weighted by Crippen LogP contribution is 2.23. The van der Waals surface area contributed by atoms with E-state index in [1.165, 1.54) is 12.8 Å². The largest absolute Gasteiger partial charge is 0.508 e. The van der Waals surface area contributed by atoms with Crippen LogP contribution in [0.25, 0.3) is 5.69 Å². The van der Waals surface area contributed by atoms with Gasteiger partial charge in [0.15, 0.2) is 5.78 Å². The third kappa shape index (κ3) is 2.79. The molecule has 0 atom stereocenters. The Morgan fingerprint density at radius 2 is 1.77 bits per heavy atom. The summed E-state index contributed by atoms with van der Waals surface area (Å²) >= 11 is 0. The third-order valence-electron chi connectivity index (χ3n) is 4.41. The SMILES string of the molecule is Cc1cc(C(=O)CN2CCCC2)c(C)n1-c1ccc(O)cc1. The zero-order valence-electron chi connectivity index (χ0n) is 13.2. The van der Waals surface area contributed by atoms with Gasteiger partial charge >= 0.3 is 0 Å². The standard InChI is InChI=1S/C18H22N2O2/c1-13-11-17(18(22)12-19-9-3-4-10-19)14(2)20(13)15-5-7-16(21)8-6-15/h5-8,11,21H,3-4,9-10,12H2,1-2H3. The summed E-state index contributed by atoms with van der Waals surface area (Å²) in [6.45, 7) is 6.56. The van der Waals surface area contributed by atoms with Crippen LogP contribution in [0.2, 0.25) is 0 Å². The number of ketones is 1. The van der Waals surface area contributed by atoms with Gasteiger partial charge < -0.3 is 9.67 Å². The lowest BCUT2D eigenvalue weighted by Gasteiger charge is -2.13. The first-order valence-corrected chi connectivity index (χ1v) is 7.80. The van der Waals surface area contributed by atoms with Crippen molar-refractivity contribution in [3.8, 4) is 11.4 Å². The van der Waals surface area contributed by atoms with Crippen molar-refractivity contribution in [2.24, 2.45) is 0 Å². The number of aryl methyl sites for hydroxylation is 1. The molecule has 1 aromatic carbocycles. The van der Waals surface area contributed by atoms with Crippen LogP contribution in [0.15, 0.2) is 30.3 Å². The van der Waals surface area contributed by atoms with Crippen molar-refractivity contribution in [3.63, 3.8) is 0 Å². The van der Waals surface area contributed by atoms with Crippen molar-refractivity contribution in [2.75, 3.05) is 19.6 Å². The lowest BCUT2D eigenvalue weighted by atomic mass is 10.1. The molecule has 1 aromatic heterocycles. The Morgan fingerprint density at radius 1 is 1.14 bits per heavy atom. The normalized spacial score (nSPS) is 15.4. The van der Waals surface area contributed by atoms with Crippen molar-refractivity contribution in [1.29, 1.82) is 0 Å². The van der Waals surface area contributed by atoms with Gasteiger partial charge in [0.05, 0.1) is 6.54 Å². The molecule has 1 aliphatic rings. The summed E-state index contributed by atoms with van der Waals surface area (Å²) in [7, 11) is 0. The molecule has 0 spiro atoms. The molecule has 1 aliphatic heterocycles. The van der Waals surface area contributed by atoms with Crippen LogP contribution in [0.5, 0.6) is 5.75 Å². The van der Waals surface area contributed by atoms with Crippen molar-refractivity contribution in [2.45, 2.75) is 26.7 Å². The number of Topliss-reactive ketones (excluding diaryl/α,β-unsaturated/α-hetero) is 1. The molecule has 0 saturated carbocycles. The Morgan fingerprint density at radius 3 is 2.41 bits per heavy atom. The number of carbonyl (C=O) groups is 1. The van der Waals surface area contributed by atoms with E-state index in [4.69, 9.17) is 0 Å². The maximum Gasteiger partial charge on any atom is 0.178 e. The molecule has 0 radical (unpaired) electrons. The topological polar surface area (TPSA) is 45.5 Å². The molecule has 1 saturated heterocycles. The number of hydrogen-bond acceptors (Lipinski definition) is 3. The predicted octanol–water partition coefficient (Wildman–Crippen LogP) is 3.08. The van der Waals surface area contributed by atoms with E-state index < -0.39 is 0 Å². The molecule has 0 aliphatic carbocycles. The van der Waals surface area contributed by atoms with E-state index in [0.29, 0.717) is 6.54 Å². The number of aromatic hydroxyl groups is 1. The maximum absolute atomic E-state index is 12.6. The van der Waals surface area contributed by atoms with Crippen molar-refractivity contribution in [1.82, 2.24) is 9.47 Å². The number of likely N-dealkylation sites (tertiary alicyclic amines) is 1. The summed E-state index contributed by atoms with van der Waals surface area (Å²) in [5.74, 6) is 0.441. The number of hydrogen-bond donors (Lipinski definition) is 1. The first-order chi connectivity index (χ1) is 10.6. The van der Waals surface area contributed by atoms with Crippen LogP contribution in [-0.4, -0.2) is 40.0 Å². The molecule has 4 heteroatoms. The van der Waals surface area contributed by atoms with Crippen LogP contribution in [0, 0.1) is 13.8 Å². The number of nitrogens with zero attached hydrogens (tertiary/aromatic N) is 2. The Hall–Kier alpha value is -2.07. The smallest absolute Gasteiger partial charge is 0.178 e. The summed E-state index contributed by atoms with van der Waals surface area (Å²) in [6, 6.07) is 9.04. The van der Waals surface area contributed by atoms with Crippen LogP contribution >= 0.6 is 0 Å². The van der Waals surface area contributed by atoms with Gasteiger partial charge in [-0.3, -0.25) is 9.69 Å². The maximum atomic E-state index is 12.6. The quantitative estimate of drug-likeness (QED) is 0.882. The van der Waals surface area contributed by atoms with Gasteiger partial charge in [-0.1, -0.05) is 0 Å². The van der Waals surface area contributed by atoms with Gasteiger partial charge in [0, 0.05) is 22.6 Å². The predicted molar refractivity (Wildman–Crippen MR) is 86.9 cm³/mol. The highest BCUT2D eigenvalue weighted by molar-refractivity contribution is 5.99. The Kier molecular flexibility index (Phi) is 4.03. The van der Waals surface area contributed by atoms with E-state index in [9.17, 15) is 9.90 Å². The molecule has 116 valence electrons. The zero-order valence-corrected chi connectivity index (χ0v) is 13.2. The Bertz CT molecular complexity index is 680. The highest BCUT2D eigenvalue weighted by atomic mass is 16.3. The first-order valence-electron chi connectivity index (χ1n) is 7.80. The lowest BCUT2D eigenvalue weighted by molar-refractivity contribution is 0.0944. The molecular weight excluding hydrogens is 276 g/mol. The van der Waals surface area contributed by atoms with Gasteiger partial charge in [-0.2, -0.15) is 0 Å². The van der Waals surface area contributed by atoms with Crippen molar-refractivity contribution >= 4 is 5.78 Å². The van der Waals surface area contributed by atoms with Crippen molar-refractivity contribution in [3.05, 3.63) is 47.3 Å². The first kappa shape index (κ1) is 14.9. The fraction of sp³-hybridized carbons (Fsp3) is 0.389. The Balaban J connectivity index is 1.89. The lowest BCUT2D eigenvalue weighted by Crippen LogP contribution is -2.27. The number of benzene rings is 1. The zero-order chi connectivity index (χ0) is 15.7. The summed E-state index contributed by atoms with van der Waals surface area (Å²) < 4.78 is 2.07. The monoisotopic (exact) mass is 298 g/mol. The minimum Gasteiger partial charge on any atom is -0.508 e. The fourth-order valence-corrected chi connectivity index (χ4v) is 3.27. The number of aromatic nitrogens is 1. The van der Waals surface area contributed by atoms with Gasteiger partial charge in [0.2, 0.25) is 0 Å². The summed E-state index contributed by atoms with van der Waals surface area (Å²) in [5.41, 5.74) is 3.77. The molecule has 1 N–H and O–H groups in total. The summed E-state index contributed by atoms with van der Waals surface area (Å²) in [6.07, 6.45) is 2.39. The van der Waals surface area contributed by atoms with Gasteiger partial charge in [0.25, 0.3) is 0 Å². The van der Waals surface area contributed by atoms with Crippen LogP contribution in [0.4, 0.5) is 0 Å². The molecule has 0 unspecified atom stereocenters. The molecule has 22 heavy (non-hydrogen) atoms. The molecule has 4 nitrogen and oxygen atoms in total. The third-order valence-corrected chi connectivity index (χ3v) is 4.41. The van der Waals surface area contributed by atoms with E-state index >= 15 is 0 Å². The van der Waals surface area contributed by atoms with Gasteiger partial charge in [-0.25, -0.2) is 0 Å². The minimum atomic E-state index is 0.194. The van der Waals surface area contributed by atoms with Gasteiger partial charge in [-0.05, 0) is 70.1 Å². The van der Waals surface area contributed by atoms with E-state index in [1.54, 1.807) is 12.1 Å². The second kappa shape index (κ2) is 5.97. The summed E-state index contributed by atoms with van der Waals surface area (Å²) in [4.78, 5) is 14.8. The van der Waals surface area contributed by atoms with Crippen LogP contribution < -0.4 is 0 Å². The molecule has 2 aromatic rings. The molecule has 2 heterocycles. The van der Waals surface area contributed by atoms with E-state index in [1.807, 2.05) is 32.0 Å². The fourth-order valence-electron chi connectivity index (χ4n) is 3.27. The average molecular weight is 298 g/mol. The van der Waals surface area contributed by atoms with E-state index in [0.717, 1.165) is 35.7 Å². The van der Waals surface area contributed by atoms with Gasteiger partial charge in [-0.15, -0.1) is 0 Å². The van der Waals surface area contributed by atoms with Crippen LogP contribution in [0.1, 0.15) is 34.6 Å². The molecular formula is C18H22N2O2. The molecule has 0 bridgehead atoms. The van der Waals surface area contributed by atoms with Gasteiger partial charge in [0.1, 0.15) is 5.75 Å². The van der Waals surface area contributed by atoms with Crippen LogP contribution in [-0.2, 0) is 0 Å². The second-order valence-electron chi connectivity index (χ2n) is 6.04.